The van der Waals surface area contributed by atoms with E-state index in [4.69, 9.17) is 15.2 Å². The van der Waals surface area contributed by atoms with E-state index in [1.165, 1.54) is 0 Å². The van der Waals surface area contributed by atoms with Crippen LogP contribution in [0.4, 0.5) is 23.1 Å². The molecule has 0 saturated carbocycles. The molecule has 1 atom stereocenters. The molecule has 10 nitrogen and oxygen atoms in total. The quantitative estimate of drug-likeness (QED) is 0.372. The molecule has 1 aliphatic heterocycles. The van der Waals surface area contributed by atoms with Crippen molar-refractivity contribution in [3.8, 4) is 11.5 Å². The predicted molar refractivity (Wildman–Crippen MR) is 134 cm³/mol. The predicted octanol–water partition coefficient (Wildman–Crippen LogP) is 3.31. The van der Waals surface area contributed by atoms with E-state index in [0.717, 1.165) is 17.6 Å². The number of benzene rings is 2. The Morgan fingerprint density at radius 2 is 1.94 bits per heavy atom. The molecule has 0 saturated heterocycles. The Bertz CT molecular complexity index is 1390. The molecule has 2 aromatic carbocycles. The number of nitrogens with zero attached hydrogens (tertiary/aromatic N) is 4. The first kappa shape index (κ1) is 22.4. The number of carbonyl (C=O) groups is 1. The van der Waals surface area contributed by atoms with Gasteiger partial charge in [0.1, 0.15) is 18.5 Å². The average molecular weight is 472 g/mol. The van der Waals surface area contributed by atoms with E-state index in [2.05, 4.69) is 30.5 Å². The van der Waals surface area contributed by atoms with Gasteiger partial charge in [-0.2, -0.15) is 4.98 Å². The number of primary amides is 1. The molecule has 4 N–H and O–H groups in total. The maximum Gasteiger partial charge on any atom is 0.269 e. The number of nitrogens with one attached hydrogen (secondary N) is 2. The monoisotopic (exact) mass is 471 g/mol. The summed E-state index contributed by atoms with van der Waals surface area (Å²) in [5.74, 6) is 1.58. The lowest BCUT2D eigenvalue weighted by atomic mass is 10.1. The van der Waals surface area contributed by atoms with Crippen molar-refractivity contribution in [1.82, 2.24) is 19.9 Å². The summed E-state index contributed by atoms with van der Waals surface area (Å²) in [6.07, 6.45) is 1.59. The number of aromatic nitrogens is 3. The topological polar surface area (TPSA) is 128 Å². The first-order valence-electron chi connectivity index (χ1n) is 11.1. The van der Waals surface area contributed by atoms with Crippen molar-refractivity contribution in [2.75, 3.05) is 37.9 Å². The van der Waals surface area contributed by atoms with E-state index in [-0.39, 0.29) is 11.8 Å². The third-order valence-corrected chi connectivity index (χ3v) is 5.36. The van der Waals surface area contributed by atoms with Crippen molar-refractivity contribution in [3.05, 3.63) is 66.5 Å². The van der Waals surface area contributed by atoms with Gasteiger partial charge in [0.15, 0.2) is 17.2 Å². The van der Waals surface area contributed by atoms with Crippen LogP contribution in [0.25, 0.3) is 10.9 Å². The highest BCUT2D eigenvalue weighted by molar-refractivity contribution is 6.00. The fraction of sp³-hybridized carbons (Fsp3) is 0.200. The molecule has 4 aromatic rings. The molecule has 35 heavy (non-hydrogen) atoms. The van der Waals surface area contributed by atoms with Crippen molar-refractivity contribution in [3.63, 3.8) is 0 Å². The van der Waals surface area contributed by atoms with Crippen LogP contribution < -0.4 is 25.8 Å². The molecule has 5 rings (SSSR count). The number of rotatable bonds is 7. The zero-order chi connectivity index (χ0) is 24.4. The number of amides is 1. The van der Waals surface area contributed by atoms with Gasteiger partial charge in [0.2, 0.25) is 5.95 Å². The van der Waals surface area contributed by atoms with Gasteiger partial charge in [-0.1, -0.05) is 18.2 Å². The van der Waals surface area contributed by atoms with Gasteiger partial charge in [0.25, 0.3) is 5.91 Å². The third kappa shape index (κ3) is 5.07. The van der Waals surface area contributed by atoms with Gasteiger partial charge in [-0.25, -0.2) is 9.97 Å². The van der Waals surface area contributed by atoms with Crippen LogP contribution in [0.5, 0.6) is 11.5 Å². The fourth-order valence-corrected chi connectivity index (χ4v) is 3.84. The lowest BCUT2D eigenvalue weighted by Gasteiger charge is -2.28. The van der Waals surface area contributed by atoms with E-state index in [1.54, 1.807) is 12.3 Å². The average Bonchev–Trinajstić information content (AvgIpc) is 2.83. The minimum Gasteiger partial charge on any atom is -0.486 e. The standard InChI is InChI=1S/C25H25N7O3/c1-32(2)13-17-14-34-21-12-16(7-8-20(21)35-17)28-25-27-10-9-22(31-25)29-19-11-15-5-3-4-6-18(15)30-23(19)24(26)33/h3-12,17H,13-14H2,1-2H3,(H2,26,33)(H2,27,28,29,31). The smallest absolute Gasteiger partial charge is 0.269 e. The molecule has 0 radical (unpaired) electrons. The Hall–Kier alpha value is -4.44. The number of hydrogen-bond donors (Lipinski definition) is 3. The highest BCUT2D eigenvalue weighted by atomic mass is 16.6. The zero-order valence-electron chi connectivity index (χ0n) is 19.4. The van der Waals surface area contributed by atoms with Gasteiger partial charge in [0.05, 0.1) is 11.2 Å². The summed E-state index contributed by atoms with van der Waals surface area (Å²) in [4.78, 5) is 27.3. The van der Waals surface area contributed by atoms with Crippen LogP contribution in [0.15, 0.2) is 60.8 Å². The number of fused-ring (bicyclic) bond motifs is 2. The van der Waals surface area contributed by atoms with E-state index < -0.39 is 5.91 Å². The Morgan fingerprint density at radius 1 is 1.09 bits per heavy atom. The third-order valence-electron chi connectivity index (χ3n) is 5.36. The zero-order valence-corrected chi connectivity index (χ0v) is 19.4. The fourth-order valence-electron chi connectivity index (χ4n) is 3.84. The van der Waals surface area contributed by atoms with Gasteiger partial charge < -0.3 is 30.7 Å². The summed E-state index contributed by atoms with van der Waals surface area (Å²) in [7, 11) is 4.00. The van der Waals surface area contributed by atoms with Gasteiger partial charge >= 0.3 is 0 Å². The number of anilines is 4. The highest BCUT2D eigenvalue weighted by Crippen LogP contribution is 2.35. The van der Waals surface area contributed by atoms with Crippen LogP contribution >= 0.6 is 0 Å². The molecule has 10 heteroatoms. The van der Waals surface area contributed by atoms with Gasteiger partial charge in [-0.05, 0) is 44.4 Å². The number of nitrogens with two attached hydrogens (primary N) is 1. The molecule has 0 fully saturated rings. The molecule has 2 aromatic heterocycles. The second kappa shape index (κ2) is 9.43. The Morgan fingerprint density at radius 3 is 2.77 bits per heavy atom. The number of ether oxygens (including phenoxy) is 2. The number of pyridine rings is 1. The summed E-state index contributed by atoms with van der Waals surface area (Å²) >= 11 is 0. The van der Waals surface area contributed by atoms with Crippen molar-refractivity contribution in [2.45, 2.75) is 6.10 Å². The van der Waals surface area contributed by atoms with Crippen molar-refractivity contribution < 1.29 is 14.3 Å². The summed E-state index contributed by atoms with van der Waals surface area (Å²) in [6, 6.07) is 16.6. The highest BCUT2D eigenvalue weighted by Gasteiger charge is 2.22. The maximum atomic E-state index is 12.0. The molecular formula is C25H25N7O3. The van der Waals surface area contributed by atoms with Crippen LogP contribution in [-0.2, 0) is 0 Å². The Kier molecular flexibility index (Phi) is 6.02. The van der Waals surface area contributed by atoms with Crippen LogP contribution in [-0.4, -0.2) is 59.1 Å². The normalized spacial score (nSPS) is 14.7. The SMILES string of the molecule is CN(C)CC1COc2cc(Nc3nccc(Nc4cc5ccccc5nc4C(N)=O)n3)ccc2O1. The second-order valence-electron chi connectivity index (χ2n) is 8.43. The van der Waals surface area contributed by atoms with Crippen LogP contribution in [0.1, 0.15) is 10.5 Å². The van der Waals surface area contributed by atoms with Crippen molar-refractivity contribution in [1.29, 1.82) is 0 Å². The number of carbonyl (C=O) groups excluding carboxylic acids is 1. The molecular weight excluding hydrogens is 446 g/mol. The van der Waals surface area contributed by atoms with E-state index >= 15 is 0 Å². The van der Waals surface area contributed by atoms with Crippen LogP contribution in [0.2, 0.25) is 0 Å². The van der Waals surface area contributed by atoms with Gasteiger partial charge in [-0.3, -0.25) is 4.79 Å². The molecule has 3 heterocycles. The van der Waals surface area contributed by atoms with E-state index in [9.17, 15) is 4.79 Å². The second-order valence-corrected chi connectivity index (χ2v) is 8.43. The van der Waals surface area contributed by atoms with Gasteiger partial charge in [0, 0.05) is 29.9 Å². The summed E-state index contributed by atoms with van der Waals surface area (Å²) in [6.45, 7) is 1.25. The van der Waals surface area contributed by atoms with E-state index in [1.807, 2.05) is 62.6 Å². The minimum absolute atomic E-state index is 0.0164. The molecule has 0 bridgehead atoms. The summed E-state index contributed by atoms with van der Waals surface area (Å²) in [5, 5.41) is 7.19. The molecule has 0 spiro atoms. The first-order chi connectivity index (χ1) is 16.9. The van der Waals surface area contributed by atoms with Crippen LogP contribution in [0.3, 0.4) is 0 Å². The molecule has 1 amide bonds. The molecule has 1 aliphatic rings. The largest absolute Gasteiger partial charge is 0.486 e. The minimum atomic E-state index is -0.630. The van der Waals surface area contributed by atoms with E-state index in [0.29, 0.717) is 41.1 Å². The lowest BCUT2D eigenvalue weighted by Crippen LogP contribution is -2.37. The molecule has 178 valence electrons. The summed E-state index contributed by atoms with van der Waals surface area (Å²) in [5.41, 5.74) is 7.60. The van der Waals surface area contributed by atoms with Gasteiger partial charge in [-0.15, -0.1) is 0 Å². The maximum absolute atomic E-state index is 12.0. The summed E-state index contributed by atoms with van der Waals surface area (Å²) < 4.78 is 11.9. The van der Waals surface area contributed by atoms with Crippen molar-refractivity contribution >= 4 is 40.0 Å². The Labute approximate surface area is 202 Å². The number of likely N-dealkylation sites (N-methyl/N-ethyl adjacent to an activating group) is 1. The lowest BCUT2D eigenvalue weighted by molar-refractivity contribution is 0.0711. The molecule has 1 unspecified atom stereocenters. The Balaban J connectivity index is 1.34. The number of hydrogen-bond acceptors (Lipinski definition) is 9. The first-order valence-corrected chi connectivity index (χ1v) is 11.1. The molecule has 0 aliphatic carbocycles. The number of para-hydroxylation sites is 1. The van der Waals surface area contributed by atoms with Crippen LogP contribution in [0, 0.1) is 0 Å². The van der Waals surface area contributed by atoms with Crippen molar-refractivity contribution in [2.24, 2.45) is 5.73 Å².